The van der Waals surface area contributed by atoms with Crippen LogP contribution in [0.4, 0.5) is 0 Å². The molecule has 114 valence electrons. The van der Waals surface area contributed by atoms with Crippen molar-refractivity contribution in [2.24, 2.45) is 0 Å². The van der Waals surface area contributed by atoms with E-state index in [1.54, 1.807) is 40.9 Å². The lowest BCUT2D eigenvalue weighted by atomic mass is 10.1. The zero-order valence-electron chi connectivity index (χ0n) is 11.8. The van der Waals surface area contributed by atoms with Gasteiger partial charge in [-0.2, -0.15) is 0 Å². The van der Waals surface area contributed by atoms with Gasteiger partial charge >= 0.3 is 0 Å². The van der Waals surface area contributed by atoms with Crippen LogP contribution in [0.5, 0.6) is 0 Å². The standard InChI is InChI=1S/C14H18ClN3O2S/c1-16-6-7-17-13(19)12-8-21-9-18(12)14(20)10-2-4-11(15)5-3-10/h2-5,12,16H,6-9H2,1H3,(H,17,19). The number of thioether (sulfide) groups is 1. The number of halogens is 1. The van der Waals surface area contributed by atoms with Gasteiger partial charge in [-0.25, -0.2) is 0 Å². The highest BCUT2D eigenvalue weighted by Gasteiger charge is 2.34. The van der Waals surface area contributed by atoms with E-state index < -0.39 is 6.04 Å². The molecule has 1 aliphatic heterocycles. The number of likely N-dealkylation sites (N-methyl/N-ethyl adjacent to an activating group) is 1. The summed E-state index contributed by atoms with van der Waals surface area (Å²) in [7, 11) is 1.83. The molecule has 0 aromatic heterocycles. The summed E-state index contributed by atoms with van der Waals surface area (Å²) in [5.74, 6) is 0.930. The minimum atomic E-state index is -0.407. The second kappa shape index (κ2) is 7.68. The van der Waals surface area contributed by atoms with Gasteiger partial charge in [-0.15, -0.1) is 11.8 Å². The smallest absolute Gasteiger partial charge is 0.255 e. The number of nitrogens with zero attached hydrogens (tertiary/aromatic N) is 1. The highest BCUT2D eigenvalue weighted by Crippen LogP contribution is 2.23. The Balaban J connectivity index is 2.02. The normalized spacial score (nSPS) is 17.8. The van der Waals surface area contributed by atoms with Gasteiger partial charge in [0.15, 0.2) is 0 Å². The van der Waals surface area contributed by atoms with Crippen LogP contribution >= 0.6 is 23.4 Å². The lowest BCUT2D eigenvalue weighted by Crippen LogP contribution is -2.48. The van der Waals surface area contributed by atoms with Crippen molar-refractivity contribution in [2.75, 3.05) is 31.8 Å². The maximum atomic E-state index is 12.5. The van der Waals surface area contributed by atoms with Crippen LogP contribution in [0, 0.1) is 0 Å². The fourth-order valence-corrected chi connectivity index (χ4v) is 3.33. The Kier molecular flexibility index (Phi) is 5.90. The summed E-state index contributed by atoms with van der Waals surface area (Å²) in [4.78, 5) is 26.2. The van der Waals surface area contributed by atoms with Crippen molar-refractivity contribution in [3.05, 3.63) is 34.9 Å². The third-order valence-electron chi connectivity index (χ3n) is 3.21. The fraction of sp³-hybridized carbons (Fsp3) is 0.429. The number of amides is 2. The first-order valence-corrected chi connectivity index (χ1v) is 8.23. The summed E-state index contributed by atoms with van der Waals surface area (Å²) in [5.41, 5.74) is 0.551. The van der Waals surface area contributed by atoms with Gasteiger partial charge in [0, 0.05) is 29.4 Å². The van der Waals surface area contributed by atoms with E-state index in [-0.39, 0.29) is 11.8 Å². The van der Waals surface area contributed by atoms with Gasteiger partial charge in [0.2, 0.25) is 5.91 Å². The lowest BCUT2D eigenvalue weighted by molar-refractivity contribution is -0.124. The van der Waals surface area contributed by atoms with Gasteiger partial charge in [-0.05, 0) is 31.3 Å². The Morgan fingerprint density at radius 2 is 2.05 bits per heavy atom. The second-order valence-electron chi connectivity index (χ2n) is 4.69. The molecule has 7 heteroatoms. The molecule has 1 atom stereocenters. The van der Waals surface area contributed by atoms with Crippen molar-refractivity contribution in [3.8, 4) is 0 Å². The van der Waals surface area contributed by atoms with Gasteiger partial charge in [-0.3, -0.25) is 9.59 Å². The Morgan fingerprint density at radius 3 is 2.71 bits per heavy atom. The van der Waals surface area contributed by atoms with E-state index in [2.05, 4.69) is 10.6 Å². The van der Waals surface area contributed by atoms with Crippen molar-refractivity contribution >= 4 is 35.2 Å². The van der Waals surface area contributed by atoms with Crippen molar-refractivity contribution in [1.82, 2.24) is 15.5 Å². The number of carbonyl (C=O) groups is 2. The van der Waals surface area contributed by atoms with Gasteiger partial charge in [0.25, 0.3) is 5.91 Å². The largest absolute Gasteiger partial charge is 0.353 e. The minimum absolute atomic E-state index is 0.0995. The Morgan fingerprint density at radius 1 is 1.33 bits per heavy atom. The molecule has 2 amide bonds. The first-order chi connectivity index (χ1) is 10.1. The molecule has 2 N–H and O–H groups in total. The predicted molar refractivity (Wildman–Crippen MR) is 85.7 cm³/mol. The number of hydrogen-bond donors (Lipinski definition) is 2. The summed E-state index contributed by atoms with van der Waals surface area (Å²) in [6, 6.07) is 6.32. The van der Waals surface area contributed by atoms with E-state index in [0.29, 0.717) is 35.3 Å². The maximum absolute atomic E-state index is 12.5. The van der Waals surface area contributed by atoms with Crippen LogP contribution in [0.3, 0.4) is 0 Å². The monoisotopic (exact) mass is 327 g/mol. The first-order valence-electron chi connectivity index (χ1n) is 6.70. The second-order valence-corrected chi connectivity index (χ2v) is 6.13. The molecule has 0 saturated carbocycles. The molecule has 1 heterocycles. The molecule has 1 aliphatic rings. The summed E-state index contributed by atoms with van der Waals surface area (Å²) in [6.45, 7) is 1.26. The van der Waals surface area contributed by atoms with Gasteiger partial charge in [-0.1, -0.05) is 11.6 Å². The zero-order valence-corrected chi connectivity index (χ0v) is 13.3. The molecule has 1 aromatic rings. The average molecular weight is 328 g/mol. The number of nitrogens with one attached hydrogen (secondary N) is 2. The van der Waals surface area contributed by atoms with Gasteiger partial charge in [0.1, 0.15) is 6.04 Å². The molecule has 2 rings (SSSR count). The van der Waals surface area contributed by atoms with Crippen LogP contribution in [-0.2, 0) is 4.79 Å². The van der Waals surface area contributed by atoms with Crippen LogP contribution in [0.1, 0.15) is 10.4 Å². The third kappa shape index (κ3) is 4.12. The summed E-state index contributed by atoms with van der Waals surface area (Å²) in [6.07, 6.45) is 0. The number of benzene rings is 1. The van der Waals surface area contributed by atoms with Crippen molar-refractivity contribution in [2.45, 2.75) is 6.04 Å². The van der Waals surface area contributed by atoms with Crippen molar-refractivity contribution in [1.29, 1.82) is 0 Å². The molecule has 0 aliphatic carbocycles. The highest BCUT2D eigenvalue weighted by molar-refractivity contribution is 7.99. The number of carbonyl (C=O) groups excluding carboxylic acids is 2. The third-order valence-corrected chi connectivity index (χ3v) is 4.48. The van der Waals surface area contributed by atoms with E-state index in [0.717, 1.165) is 0 Å². The van der Waals surface area contributed by atoms with E-state index in [9.17, 15) is 9.59 Å². The molecule has 0 bridgehead atoms. The average Bonchev–Trinajstić information content (AvgIpc) is 2.97. The van der Waals surface area contributed by atoms with E-state index in [1.165, 1.54) is 0 Å². The minimum Gasteiger partial charge on any atom is -0.353 e. The zero-order chi connectivity index (χ0) is 15.2. The van der Waals surface area contributed by atoms with Crippen LogP contribution in [0.25, 0.3) is 0 Å². The van der Waals surface area contributed by atoms with Gasteiger partial charge in [0.05, 0.1) is 5.88 Å². The molecule has 0 radical (unpaired) electrons. The summed E-state index contributed by atoms with van der Waals surface area (Å²) in [5, 5.41) is 6.39. The summed E-state index contributed by atoms with van der Waals surface area (Å²) >= 11 is 7.41. The van der Waals surface area contributed by atoms with Crippen molar-refractivity contribution < 1.29 is 9.59 Å². The quantitative estimate of drug-likeness (QED) is 0.798. The van der Waals surface area contributed by atoms with Crippen LogP contribution < -0.4 is 10.6 Å². The Hall–Kier alpha value is -1.24. The fourth-order valence-electron chi connectivity index (χ4n) is 2.05. The van der Waals surface area contributed by atoms with E-state index in [1.807, 2.05) is 7.05 Å². The molecule has 21 heavy (non-hydrogen) atoms. The number of hydrogen-bond acceptors (Lipinski definition) is 4. The first kappa shape index (κ1) is 16.1. The molecule has 1 fully saturated rings. The summed E-state index contributed by atoms with van der Waals surface area (Å²) < 4.78 is 0. The molecule has 1 aromatic carbocycles. The molecule has 0 spiro atoms. The molecular formula is C14H18ClN3O2S. The molecular weight excluding hydrogens is 310 g/mol. The molecule has 5 nitrogen and oxygen atoms in total. The molecule has 1 unspecified atom stereocenters. The van der Waals surface area contributed by atoms with Crippen molar-refractivity contribution in [3.63, 3.8) is 0 Å². The Bertz CT molecular complexity index is 509. The lowest BCUT2D eigenvalue weighted by Gasteiger charge is -2.23. The Labute approximate surface area is 133 Å². The van der Waals surface area contributed by atoms with Gasteiger partial charge < -0.3 is 15.5 Å². The number of rotatable bonds is 5. The SMILES string of the molecule is CNCCNC(=O)C1CSCN1C(=O)c1ccc(Cl)cc1. The van der Waals surface area contributed by atoms with Crippen LogP contribution in [-0.4, -0.2) is 54.5 Å². The maximum Gasteiger partial charge on any atom is 0.255 e. The predicted octanol–water partition coefficient (Wildman–Crippen LogP) is 1.19. The molecule has 1 saturated heterocycles. The topological polar surface area (TPSA) is 61.4 Å². The highest BCUT2D eigenvalue weighted by atomic mass is 35.5. The van der Waals surface area contributed by atoms with Crippen LogP contribution in [0.2, 0.25) is 5.02 Å². The van der Waals surface area contributed by atoms with E-state index >= 15 is 0 Å². The van der Waals surface area contributed by atoms with Crippen LogP contribution in [0.15, 0.2) is 24.3 Å². The van der Waals surface area contributed by atoms with E-state index in [4.69, 9.17) is 11.6 Å².